The molecule has 0 aliphatic rings. The Morgan fingerprint density at radius 1 is 1.35 bits per heavy atom. The van der Waals surface area contributed by atoms with E-state index in [0.717, 1.165) is 16.9 Å². The van der Waals surface area contributed by atoms with E-state index in [9.17, 15) is 4.79 Å². The Morgan fingerprint density at radius 2 is 2.00 bits per heavy atom. The van der Waals surface area contributed by atoms with Crippen LogP contribution in [0.15, 0.2) is 35.9 Å². The highest BCUT2D eigenvalue weighted by molar-refractivity contribution is 5.88. The van der Waals surface area contributed by atoms with E-state index in [1.54, 1.807) is 13.2 Å². The third-order valence-corrected chi connectivity index (χ3v) is 3.01. The summed E-state index contributed by atoms with van der Waals surface area (Å²) in [7, 11) is 5.64. The number of ether oxygens (including phenoxy) is 1. The summed E-state index contributed by atoms with van der Waals surface area (Å²) in [6.07, 6.45) is 1.61. The summed E-state index contributed by atoms with van der Waals surface area (Å²) < 4.78 is 5.40. The molecule has 0 saturated heterocycles. The maximum absolute atomic E-state index is 11.7. The summed E-state index contributed by atoms with van der Waals surface area (Å²) >= 11 is 0. The Hall–Kier alpha value is -1.81. The summed E-state index contributed by atoms with van der Waals surface area (Å²) in [6.45, 7) is 4.35. The molecule has 0 heterocycles. The predicted octanol–water partition coefficient (Wildman–Crippen LogP) is 2.38. The molecule has 0 spiro atoms. The number of nitrogens with one attached hydrogen (secondary N) is 1. The van der Waals surface area contributed by atoms with Crippen molar-refractivity contribution in [2.45, 2.75) is 19.9 Å². The van der Waals surface area contributed by atoms with E-state index in [-0.39, 0.29) is 11.9 Å². The van der Waals surface area contributed by atoms with E-state index in [4.69, 9.17) is 4.74 Å². The number of likely N-dealkylation sites (N-methyl/N-ethyl adjacent to an activating group) is 1. The Bertz CT molecular complexity index is 477. The molecule has 1 unspecified atom stereocenters. The molecule has 1 aromatic carbocycles. The molecule has 1 rings (SSSR count). The number of methoxy groups -OCH3 is 1. The van der Waals surface area contributed by atoms with Gasteiger partial charge in [0.1, 0.15) is 5.75 Å². The molecule has 1 atom stereocenters. The van der Waals surface area contributed by atoms with Crippen LogP contribution in [-0.2, 0) is 4.79 Å². The molecule has 110 valence electrons. The first-order valence-corrected chi connectivity index (χ1v) is 6.67. The second-order valence-corrected chi connectivity index (χ2v) is 5.19. The standard InChI is InChI=1S/C16H24N2O2/c1-12(2)10-16(19)17-11-14(18(3)4)13-8-6-7-9-15(13)20-5/h6-10,14H,11H2,1-5H3,(H,17,19). The first-order valence-electron chi connectivity index (χ1n) is 6.67. The van der Waals surface area contributed by atoms with Gasteiger partial charge in [0, 0.05) is 18.2 Å². The highest BCUT2D eigenvalue weighted by Gasteiger charge is 2.18. The van der Waals surface area contributed by atoms with Gasteiger partial charge in [0.25, 0.3) is 0 Å². The van der Waals surface area contributed by atoms with E-state index in [0.29, 0.717) is 6.54 Å². The monoisotopic (exact) mass is 276 g/mol. The van der Waals surface area contributed by atoms with Crippen LogP contribution in [-0.4, -0.2) is 38.6 Å². The van der Waals surface area contributed by atoms with Gasteiger partial charge in [-0.2, -0.15) is 0 Å². The van der Waals surface area contributed by atoms with Gasteiger partial charge < -0.3 is 15.0 Å². The van der Waals surface area contributed by atoms with Crippen LogP contribution in [0, 0.1) is 0 Å². The van der Waals surface area contributed by atoms with Crippen molar-refractivity contribution >= 4 is 5.91 Å². The number of hydrogen-bond acceptors (Lipinski definition) is 3. The number of benzene rings is 1. The molecule has 4 nitrogen and oxygen atoms in total. The number of rotatable bonds is 6. The van der Waals surface area contributed by atoms with Crippen LogP contribution in [0.1, 0.15) is 25.5 Å². The van der Waals surface area contributed by atoms with Crippen LogP contribution in [0.5, 0.6) is 5.75 Å². The van der Waals surface area contributed by atoms with Crippen LogP contribution < -0.4 is 10.1 Å². The lowest BCUT2D eigenvalue weighted by Crippen LogP contribution is -2.34. The minimum absolute atomic E-state index is 0.0632. The van der Waals surface area contributed by atoms with Crippen LogP contribution >= 0.6 is 0 Å². The minimum Gasteiger partial charge on any atom is -0.496 e. The number of nitrogens with zero attached hydrogens (tertiary/aromatic N) is 1. The van der Waals surface area contributed by atoms with Gasteiger partial charge >= 0.3 is 0 Å². The Labute approximate surface area is 121 Å². The summed E-state index contributed by atoms with van der Waals surface area (Å²) in [5.74, 6) is 0.773. The Morgan fingerprint density at radius 3 is 2.55 bits per heavy atom. The smallest absolute Gasteiger partial charge is 0.243 e. The zero-order chi connectivity index (χ0) is 15.1. The van der Waals surface area contributed by atoms with E-state index in [1.165, 1.54) is 0 Å². The van der Waals surface area contributed by atoms with Crippen molar-refractivity contribution in [1.82, 2.24) is 10.2 Å². The average Bonchev–Trinajstić information content (AvgIpc) is 2.38. The molecule has 0 saturated carbocycles. The van der Waals surface area contributed by atoms with Crippen LogP contribution in [0.4, 0.5) is 0 Å². The zero-order valence-electron chi connectivity index (χ0n) is 12.9. The largest absolute Gasteiger partial charge is 0.496 e. The molecule has 0 aliphatic carbocycles. The Balaban J connectivity index is 2.85. The van der Waals surface area contributed by atoms with Crippen molar-refractivity contribution in [3.05, 3.63) is 41.5 Å². The van der Waals surface area contributed by atoms with Gasteiger partial charge in [0.15, 0.2) is 0 Å². The van der Waals surface area contributed by atoms with Gasteiger partial charge in [-0.15, -0.1) is 0 Å². The highest BCUT2D eigenvalue weighted by Crippen LogP contribution is 2.27. The van der Waals surface area contributed by atoms with Gasteiger partial charge in [0.05, 0.1) is 13.2 Å². The molecule has 1 aromatic rings. The lowest BCUT2D eigenvalue weighted by molar-refractivity contribution is -0.116. The molecule has 0 aromatic heterocycles. The first kappa shape index (κ1) is 16.2. The molecular formula is C16H24N2O2. The fourth-order valence-electron chi connectivity index (χ4n) is 2.02. The summed E-state index contributed by atoms with van der Waals surface area (Å²) in [5, 5.41) is 2.93. The SMILES string of the molecule is COc1ccccc1C(CNC(=O)C=C(C)C)N(C)C. The molecule has 0 bridgehead atoms. The lowest BCUT2D eigenvalue weighted by Gasteiger charge is -2.26. The minimum atomic E-state index is -0.0632. The van der Waals surface area contributed by atoms with Crippen molar-refractivity contribution in [1.29, 1.82) is 0 Å². The number of allylic oxidation sites excluding steroid dienone is 1. The fourth-order valence-corrected chi connectivity index (χ4v) is 2.02. The van der Waals surface area contributed by atoms with Gasteiger partial charge in [0.2, 0.25) is 5.91 Å². The highest BCUT2D eigenvalue weighted by atomic mass is 16.5. The third kappa shape index (κ3) is 4.70. The van der Waals surface area contributed by atoms with Crippen molar-refractivity contribution in [2.75, 3.05) is 27.7 Å². The first-order chi connectivity index (χ1) is 9.45. The second-order valence-electron chi connectivity index (χ2n) is 5.19. The average molecular weight is 276 g/mol. The summed E-state index contributed by atoms with van der Waals surface area (Å²) in [5.41, 5.74) is 2.05. The summed E-state index contributed by atoms with van der Waals surface area (Å²) in [6, 6.07) is 7.95. The van der Waals surface area contributed by atoms with Crippen molar-refractivity contribution in [3.8, 4) is 5.75 Å². The third-order valence-electron chi connectivity index (χ3n) is 3.01. The van der Waals surface area contributed by atoms with Gasteiger partial charge in [-0.25, -0.2) is 0 Å². The van der Waals surface area contributed by atoms with E-state index >= 15 is 0 Å². The molecule has 4 heteroatoms. The van der Waals surface area contributed by atoms with Gasteiger partial charge in [-0.3, -0.25) is 4.79 Å². The molecule has 0 radical (unpaired) electrons. The molecule has 20 heavy (non-hydrogen) atoms. The van der Waals surface area contributed by atoms with Gasteiger partial charge in [-0.05, 0) is 34.0 Å². The van der Waals surface area contributed by atoms with Crippen LogP contribution in [0.25, 0.3) is 0 Å². The van der Waals surface area contributed by atoms with Crippen molar-refractivity contribution in [3.63, 3.8) is 0 Å². The molecular weight excluding hydrogens is 252 g/mol. The maximum Gasteiger partial charge on any atom is 0.243 e. The van der Waals surface area contributed by atoms with Crippen molar-refractivity contribution in [2.24, 2.45) is 0 Å². The van der Waals surface area contributed by atoms with Crippen LogP contribution in [0.2, 0.25) is 0 Å². The predicted molar refractivity (Wildman–Crippen MR) is 81.9 cm³/mol. The quantitative estimate of drug-likeness (QED) is 0.811. The second kappa shape index (κ2) is 7.70. The molecule has 1 amide bonds. The van der Waals surface area contributed by atoms with Crippen molar-refractivity contribution < 1.29 is 9.53 Å². The Kier molecular flexibility index (Phi) is 6.25. The molecule has 1 N–H and O–H groups in total. The van der Waals surface area contributed by atoms with E-state index < -0.39 is 0 Å². The molecule has 0 fully saturated rings. The number of amides is 1. The van der Waals surface area contributed by atoms with E-state index in [1.807, 2.05) is 52.2 Å². The number of hydrogen-bond donors (Lipinski definition) is 1. The van der Waals surface area contributed by atoms with E-state index in [2.05, 4.69) is 10.2 Å². The molecule has 0 aliphatic heterocycles. The lowest BCUT2D eigenvalue weighted by atomic mass is 10.0. The number of carbonyl (C=O) groups excluding carboxylic acids is 1. The number of carbonyl (C=O) groups is 1. The van der Waals surface area contributed by atoms with Crippen LogP contribution in [0.3, 0.4) is 0 Å². The normalized spacial score (nSPS) is 11.9. The zero-order valence-corrected chi connectivity index (χ0v) is 12.9. The fraction of sp³-hybridized carbons (Fsp3) is 0.438. The van der Waals surface area contributed by atoms with Gasteiger partial charge in [-0.1, -0.05) is 23.8 Å². The maximum atomic E-state index is 11.7. The number of para-hydroxylation sites is 1. The topological polar surface area (TPSA) is 41.6 Å². The summed E-state index contributed by atoms with van der Waals surface area (Å²) in [4.78, 5) is 13.8.